The maximum atomic E-state index is 12.7. The van der Waals surface area contributed by atoms with Gasteiger partial charge in [-0.1, -0.05) is 0 Å². The maximum absolute atomic E-state index is 12.7. The van der Waals surface area contributed by atoms with Crippen LogP contribution in [0, 0.1) is 0 Å². The third-order valence-corrected chi connectivity index (χ3v) is 4.90. The Hall–Kier alpha value is -0.950. The van der Waals surface area contributed by atoms with Crippen LogP contribution in [0.4, 0.5) is 4.79 Å². The molecule has 2 heterocycles. The monoisotopic (exact) mass is 315 g/mol. The molecule has 0 aromatic heterocycles. The highest BCUT2D eigenvalue weighted by Crippen LogP contribution is 2.32. The number of nitrogens with zero attached hydrogens (tertiary/aromatic N) is 1. The molecule has 0 aliphatic carbocycles. The molecule has 0 spiro atoms. The van der Waals surface area contributed by atoms with E-state index in [1.807, 2.05) is 0 Å². The summed E-state index contributed by atoms with van der Waals surface area (Å²) >= 11 is 1.75. The zero-order chi connectivity index (χ0) is 15.6. The summed E-state index contributed by atoms with van der Waals surface area (Å²) in [6, 6.07) is -0.540. The molecule has 2 rings (SSSR count). The van der Waals surface area contributed by atoms with Gasteiger partial charge >= 0.3 is 6.09 Å². The molecular formula is C14H25N3O3S. The largest absolute Gasteiger partial charge is 0.444 e. The van der Waals surface area contributed by atoms with E-state index in [2.05, 4.69) is 5.32 Å². The van der Waals surface area contributed by atoms with E-state index < -0.39 is 17.7 Å². The van der Waals surface area contributed by atoms with Crippen molar-refractivity contribution in [3.05, 3.63) is 0 Å². The van der Waals surface area contributed by atoms with Crippen molar-refractivity contribution in [1.82, 2.24) is 10.2 Å². The zero-order valence-electron chi connectivity index (χ0n) is 12.9. The van der Waals surface area contributed by atoms with Gasteiger partial charge in [-0.2, -0.15) is 0 Å². The maximum Gasteiger partial charge on any atom is 0.408 e. The van der Waals surface area contributed by atoms with Gasteiger partial charge in [-0.15, -0.1) is 11.8 Å². The Kier molecular flexibility index (Phi) is 5.03. The molecule has 3 atom stereocenters. The standard InChI is InChI=1S/C14H25N3O3S/c1-14(2,3)20-13(19)16-9-7-8-21-11-6-4-5-10(15)17(11)12(9)18/h9-11H,4-8,15H2,1-3H3,(H,16,19)/t9-,10-,11-/m0/s1. The van der Waals surface area contributed by atoms with Crippen LogP contribution in [0.3, 0.4) is 0 Å². The van der Waals surface area contributed by atoms with Gasteiger partial charge in [0.2, 0.25) is 5.91 Å². The van der Waals surface area contributed by atoms with Crippen LogP contribution in [0.2, 0.25) is 0 Å². The summed E-state index contributed by atoms with van der Waals surface area (Å²) in [7, 11) is 0. The molecule has 0 aromatic rings. The number of nitrogens with one attached hydrogen (secondary N) is 1. The first-order valence-corrected chi connectivity index (χ1v) is 8.52. The molecule has 0 radical (unpaired) electrons. The fourth-order valence-electron chi connectivity index (χ4n) is 2.67. The lowest BCUT2D eigenvalue weighted by atomic mass is 10.1. The summed E-state index contributed by atoms with van der Waals surface area (Å²) in [6.45, 7) is 5.40. The van der Waals surface area contributed by atoms with Gasteiger partial charge in [-0.25, -0.2) is 4.79 Å². The Balaban J connectivity index is 2.03. The van der Waals surface area contributed by atoms with E-state index in [1.54, 1.807) is 37.4 Å². The van der Waals surface area contributed by atoms with Crippen molar-refractivity contribution in [3.63, 3.8) is 0 Å². The van der Waals surface area contributed by atoms with E-state index in [0.29, 0.717) is 6.42 Å². The lowest BCUT2D eigenvalue weighted by Crippen LogP contribution is -2.58. The van der Waals surface area contributed by atoms with Crippen LogP contribution >= 0.6 is 11.8 Å². The normalized spacial score (nSPS) is 30.4. The average molecular weight is 315 g/mol. The van der Waals surface area contributed by atoms with E-state index in [9.17, 15) is 9.59 Å². The van der Waals surface area contributed by atoms with Crippen molar-refractivity contribution < 1.29 is 14.3 Å². The highest BCUT2D eigenvalue weighted by Gasteiger charge is 2.39. The van der Waals surface area contributed by atoms with Gasteiger partial charge in [-0.05, 0) is 52.2 Å². The third-order valence-electron chi connectivity index (χ3n) is 3.58. The number of carbonyl (C=O) groups excluding carboxylic acids is 2. The van der Waals surface area contributed by atoms with Crippen LogP contribution in [0.5, 0.6) is 0 Å². The molecule has 2 aliphatic heterocycles. The predicted octanol–water partition coefficient (Wildman–Crippen LogP) is 1.64. The summed E-state index contributed by atoms with van der Waals surface area (Å²) in [5.41, 5.74) is 5.52. The molecular weight excluding hydrogens is 290 g/mol. The molecule has 2 aliphatic rings. The van der Waals surface area contributed by atoms with Crippen LogP contribution in [0.25, 0.3) is 0 Å². The topological polar surface area (TPSA) is 84.7 Å². The molecule has 0 bridgehead atoms. The minimum Gasteiger partial charge on any atom is -0.444 e. The second-order valence-corrected chi connectivity index (χ2v) is 7.84. The molecule has 0 aromatic carbocycles. The summed E-state index contributed by atoms with van der Waals surface area (Å²) < 4.78 is 5.23. The number of fused-ring (bicyclic) bond motifs is 1. The number of rotatable bonds is 1. The van der Waals surface area contributed by atoms with Crippen LogP contribution in [-0.2, 0) is 9.53 Å². The van der Waals surface area contributed by atoms with E-state index in [0.717, 1.165) is 25.0 Å². The lowest BCUT2D eigenvalue weighted by molar-refractivity contribution is -0.137. The van der Waals surface area contributed by atoms with Crippen molar-refractivity contribution in [2.24, 2.45) is 5.73 Å². The predicted molar refractivity (Wildman–Crippen MR) is 82.7 cm³/mol. The van der Waals surface area contributed by atoms with E-state index >= 15 is 0 Å². The number of alkyl carbamates (subject to hydrolysis) is 1. The molecule has 2 fully saturated rings. The SMILES string of the molecule is CC(C)(C)OC(=O)N[C@H]1CCS[C@H]2CCC[C@@H](N)N2C1=O. The minimum absolute atomic E-state index is 0.0805. The van der Waals surface area contributed by atoms with Gasteiger partial charge in [0.05, 0.1) is 11.5 Å². The first kappa shape index (κ1) is 16.4. The molecule has 3 N–H and O–H groups in total. The average Bonchev–Trinajstić information content (AvgIpc) is 2.49. The molecule has 2 amide bonds. The molecule has 6 nitrogen and oxygen atoms in total. The van der Waals surface area contributed by atoms with Gasteiger partial charge in [0.1, 0.15) is 11.6 Å². The van der Waals surface area contributed by atoms with Gasteiger partial charge in [0.15, 0.2) is 0 Å². The Bertz CT molecular complexity index is 411. The highest BCUT2D eigenvalue weighted by atomic mass is 32.2. The van der Waals surface area contributed by atoms with Crippen molar-refractivity contribution in [2.75, 3.05) is 5.75 Å². The Morgan fingerprint density at radius 1 is 1.38 bits per heavy atom. The number of hydrogen-bond acceptors (Lipinski definition) is 5. The molecule has 0 unspecified atom stereocenters. The van der Waals surface area contributed by atoms with E-state index in [4.69, 9.17) is 10.5 Å². The minimum atomic E-state index is -0.573. The quantitative estimate of drug-likeness (QED) is 0.768. The summed E-state index contributed by atoms with van der Waals surface area (Å²) in [6.07, 6.45) is 2.67. The number of hydrogen-bond donors (Lipinski definition) is 2. The summed E-state index contributed by atoms with van der Waals surface area (Å²) in [4.78, 5) is 26.3. The fourth-order valence-corrected chi connectivity index (χ4v) is 4.07. The molecule has 21 heavy (non-hydrogen) atoms. The summed E-state index contributed by atoms with van der Waals surface area (Å²) in [5.74, 6) is 0.753. The second kappa shape index (κ2) is 6.44. The van der Waals surface area contributed by atoms with Crippen molar-refractivity contribution >= 4 is 23.8 Å². The van der Waals surface area contributed by atoms with Crippen LogP contribution in [-0.4, -0.2) is 45.8 Å². The molecule has 120 valence electrons. The first-order chi connectivity index (χ1) is 9.78. The fraction of sp³-hybridized carbons (Fsp3) is 0.857. The number of piperidine rings is 1. The van der Waals surface area contributed by atoms with Gasteiger partial charge in [0, 0.05) is 0 Å². The van der Waals surface area contributed by atoms with E-state index in [1.165, 1.54) is 0 Å². The molecule has 2 saturated heterocycles. The van der Waals surface area contributed by atoms with E-state index in [-0.39, 0.29) is 17.4 Å². The van der Waals surface area contributed by atoms with Crippen molar-refractivity contribution in [1.29, 1.82) is 0 Å². The molecule has 7 heteroatoms. The summed E-state index contributed by atoms with van der Waals surface area (Å²) in [5, 5.41) is 2.84. The Morgan fingerprint density at radius 2 is 2.10 bits per heavy atom. The Morgan fingerprint density at radius 3 is 2.76 bits per heavy atom. The third kappa shape index (κ3) is 4.26. The number of carbonyl (C=O) groups is 2. The van der Waals surface area contributed by atoms with Crippen LogP contribution < -0.4 is 11.1 Å². The van der Waals surface area contributed by atoms with Crippen molar-refractivity contribution in [2.45, 2.75) is 69.6 Å². The highest BCUT2D eigenvalue weighted by molar-refractivity contribution is 7.99. The lowest BCUT2D eigenvalue weighted by Gasteiger charge is -2.39. The number of thioether (sulfide) groups is 1. The van der Waals surface area contributed by atoms with Crippen LogP contribution in [0.15, 0.2) is 0 Å². The first-order valence-electron chi connectivity index (χ1n) is 7.47. The van der Waals surface area contributed by atoms with Crippen molar-refractivity contribution in [3.8, 4) is 0 Å². The smallest absolute Gasteiger partial charge is 0.408 e. The van der Waals surface area contributed by atoms with Gasteiger partial charge in [-0.3, -0.25) is 4.79 Å². The molecule has 0 saturated carbocycles. The van der Waals surface area contributed by atoms with Gasteiger partial charge in [0.25, 0.3) is 0 Å². The number of amides is 2. The Labute approximate surface area is 130 Å². The number of nitrogens with two attached hydrogens (primary N) is 1. The second-order valence-electron chi connectivity index (χ2n) is 6.56. The van der Waals surface area contributed by atoms with Gasteiger partial charge < -0.3 is 20.7 Å². The number of ether oxygens (including phenoxy) is 1. The zero-order valence-corrected chi connectivity index (χ0v) is 13.7. The van der Waals surface area contributed by atoms with Crippen LogP contribution in [0.1, 0.15) is 46.5 Å².